The SMILES string of the molecule is CC(C)(C)c1ccnc(-c2c3cc4ccsc4cc3cc3sc(Oc4cccc(N5CN(c6ccccc6)c6ccccc65)c4)cc23)c1. The van der Waals surface area contributed by atoms with E-state index in [9.17, 15) is 0 Å². The van der Waals surface area contributed by atoms with Crippen molar-refractivity contribution in [3.8, 4) is 22.1 Å². The molecule has 0 bridgehead atoms. The predicted octanol–water partition coefficient (Wildman–Crippen LogP) is 12.7. The zero-order valence-electron chi connectivity index (χ0n) is 27.0. The van der Waals surface area contributed by atoms with Crippen LogP contribution in [0.4, 0.5) is 22.7 Å². The van der Waals surface area contributed by atoms with Crippen LogP contribution in [0.1, 0.15) is 26.3 Å². The van der Waals surface area contributed by atoms with Crippen LogP contribution in [0.5, 0.6) is 10.8 Å². The van der Waals surface area contributed by atoms with Crippen LogP contribution in [-0.4, -0.2) is 11.7 Å². The van der Waals surface area contributed by atoms with E-state index < -0.39 is 0 Å². The second-order valence-corrected chi connectivity index (χ2v) is 15.4. The molecular weight excluding hydrogens is 627 g/mol. The molecule has 3 aromatic heterocycles. The molecule has 0 amide bonds. The Morgan fingerprint density at radius 1 is 0.667 bits per heavy atom. The fourth-order valence-electron chi connectivity index (χ4n) is 6.79. The first-order valence-electron chi connectivity index (χ1n) is 16.2. The maximum absolute atomic E-state index is 6.68. The zero-order valence-corrected chi connectivity index (χ0v) is 28.6. The van der Waals surface area contributed by atoms with E-state index in [1.807, 2.05) is 12.3 Å². The van der Waals surface area contributed by atoms with Crippen molar-refractivity contribution in [2.45, 2.75) is 26.2 Å². The predicted molar refractivity (Wildman–Crippen MR) is 205 cm³/mol. The molecule has 234 valence electrons. The molecular formula is C42H33N3OS2. The Morgan fingerprint density at radius 2 is 1.42 bits per heavy atom. The van der Waals surface area contributed by atoms with E-state index in [0.29, 0.717) is 0 Å². The van der Waals surface area contributed by atoms with Crippen LogP contribution in [-0.2, 0) is 5.41 Å². The fourth-order valence-corrected chi connectivity index (χ4v) is 8.59. The van der Waals surface area contributed by atoms with Gasteiger partial charge in [0, 0.05) is 50.1 Å². The molecule has 0 atom stereocenters. The first-order chi connectivity index (χ1) is 23.4. The number of rotatable bonds is 5. The van der Waals surface area contributed by atoms with Gasteiger partial charge in [-0.2, -0.15) is 0 Å². The average Bonchev–Trinajstić information content (AvgIpc) is 3.83. The molecule has 6 heteroatoms. The number of thiophene rings is 2. The Kier molecular flexibility index (Phi) is 6.78. The van der Waals surface area contributed by atoms with Crippen molar-refractivity contribution in [2.24, 2.45) is 0 Å². The Balaban J connectivity index is 1.12. The van der Waals surface area contributed by atoms with Crippen LogP contribution in [0.15, 0.2) is 133 Å². The Labute approximate surface area is 288 Å². The summed E-state index contributed by atoms with van der Waals surface area (Å²) in [6.07, 6.45) is 1.95. The van der Waals surface area contributed by atoms with E-state index in [1.54, 1.807) is 22.7 Å². The topological polar surface area (TPSA) is 28.6 Å². The van der Waals surface area contributed by atoms with Crippen molar-refractivity contribution < 1.29 is 4.74 Å². The Hall–Kier alpha value is -5.17. The monoisotopic (exact) mass is 659 g/mol. The van der Waals surface area contributed by atoms with Crippen LogP contribution < -0.4 is 14.5 Å². The lowest BCUT2D eigenvalue weighted by atomic mass is 9.86. The lowest BCUT2D eigenvalue weighted by molar-refractivity contribution is 0.497. The first-order valence-corrected chi connectivity index (χ1v) is 17.9. The fraction of sp³-hybridized carbons (Fsp3) is 0.119. The molecule has 4 heterocycles. The van der Waals surface area contributed by atoms with Gasteiger partial charge in [-0.25, -0.2) is 0 Å². The smallest absolute Gasteiger partial charge is 0.182 e. The molecule has 5 aromatic carbocycles. The number of fused-ring (bicyclic) bond motifs is 4. The van der Waals surface area contributed by atoms with E-state index in [-0.39, 0.29) is 5.41 Å². The molecule has 0 saturated carbocycles. The highest BCUT2D eigenvalue weighted by Crippen LogP contribution is 2.47. The van der Waals surface area contributed by atoms with E-state index in [2.05, 4.69) is 151 Å². The van der Waals surface area contributed by atoms with Gasteiger partial charge in [0.1, 0.15) is 12.4 Å². The van der Waals surface area contributed by atoms with Gasteiger partial charge in [0.05, 0.1) is 17.1 Å². The second-order valence-electron chi connectivity index (χ2n) is 13.4. The van der Waals surface area contributed by atoms with Crippen molar-refractivity contribution in [3.05, 3.63) is 138 Å². The quantitative estimate of drug-likeness (QED) is 0.184. The standard InChI is InChI=1S/C42H33N3OS2/c1-42(2,3)29-16-18-43-35(23-29)41-33-20-27-17-19-47-38(27)21-28(33)22-39-34(41)25-40(48-39)46-32-13-9-12-31(24-32)45-26-44(30-10-5-4-6-11-30)36-14-7-8-15-37(36)45/h4-25H,26H2,1-3H3. The molecule has 0 N–H and O–H groups in total. The van der Waals surface area contributed by atoms with Crippen LogP contribution in [0.25, 0.3) is 42.2 Å². The minimum atomic E-state index is 0.0178. The maximum atomic E-state index is 6.68. The van der Waals surface area contributed by atoms with E-state index >= 15 is 0 Å². The number of anilines is 4. The Morgan fingerprint density at radius 3 is 2.23 bits per heavy atom. The molecule has 48 heavy (non-hydrogen) atoms. The van der Waals surface area contributed by atoms with Crippen molar-refractivity contribution >= 4 is 76.4 Å². The lowest BCUT2D eigenvalue weighted by Crippen LogP contribution is -2.23. The third-order valence-corrected chi connectivity index (χ3v) is 11.1. The second kappa shape index (κ2) is 11.2. The third kappa shape index (κ3) is 5.00. The number of nitrogens with zero attached hydrogens (tertiary/aromatic N) is 3. The number of hydrogen-bond acceptors (Lipinski definition) is 6. The van der Waals surface area contributed by atoms with Gasteiger partial charge in [0.2, 0.25) is 0 Å². The van der Waals surface area contributed by atoms with Gasteiger partial charge >= 0.3 is 0 Å². The molecule has 0 radical (unpaired) electrons. The van der Waals surface area contributed by atoms with Crippen LogP contribution in [0.2, 0.25) is 0 Å². The highest BCUT2D eigenvalue weighted by atomic mass is 32.1. The highest BCUT2D eigenvalue weighted by Gasteiger charge is 2.28. The van der Waals surface area contributed by atoms with Crippen molar-refractivity contribution in [1.29, 1.82) is 0 Å². The third-order valence-electron chi connectivity index (χ3n) is 9.23. The molecule has 1 aliphatic heterocycles. The van der Waals surface area contributed by atoms with Gasteiger partial charge in [0.25, 0.3) is 0 Å². The summed E-state index contributed by atoms with van der Waals surface area (Å²) < 4.78 is 9.16. The van der Waals surface area contributed by atoms with Crippen LogP contribution in [0.3, 0.4) is 0 Å². The number of hydrogen-bond donors (Lipinski definition) is 0. The summed E-state index contributed by atoms with van der Waals surface area (Å²) in [5.74, 6) is 0.814. The summed E-state index contributed by atoms with van der Waals surface area (Å²) in [6.45, 7) is 7.49. The highest BCUT2D eigenvalue weighted by molar-refractivity contribution is 7.21. The number of aromatic nitrogens is 1. The number of para-hydroxylation sites is 3. The lowest BCUT2D eigenvalue weighted by Gasteiger charge is -2.22. The zero-order chi connectivity index (χ0) is 32.4. The van der Waals surface area contributed by atoms with Crippen LogP contribution >= 0.6 is 22.7 Å². The molecule has 0 saturated heterocycles. The molecule has 9 rings (SSSR count). The number of benzene rings is 5. The van der Waals surface area contributed by atoms with E-state index in [1.165, 1.54) is 53.6 Å². The normalized spacial score (nSPS) is 13.1. The summed E-state index contributed by atoms with van der Waals surface area (Å²) >= 11 is 3.47. The maximum Gasteiger partial charge on any atom is 0.182 e. The van der Waals surface area contributed by atoms with Crippen molar-refractivity contribution in [2.75, 3.05) is 16.5 Å². The largest absolute Gasteiger partial charge is 0.447 e. The van der Waals surface area contributed by atoms with Gasteiger partial charge in [-0.15, -0.1) is 11.3 Å². The van der Waals surface area contributed by atoms with Crippen LogP contribution in [0, 0.1) is 0 Å². The average molecular weight is 660 g/mol. The first kappa shape index (κ1) is 29.0. The molecule has 4 nitrogen and oxygen atoms in total. The minimum Gasteiger partial charge on any atom is -0.447 e. The van der Waals surface area contributed by atoms with Gasteiger partial charge in [-0.1, -0.05) is 68.5 Å². The summed E-state index contributed by atoms with van der Waals surface area (Å²) in [5, 5.41) is 7.90. The van der Waals surface area contributed by atoms with Gasteiger partial charge in [0.15, 0.2) is 5.06 Å². The summed E-state index contributed by atoms with van der Waals surface area (Å²) in [5.41, 5.74) is 8.09. The molecule has 1 aliphatic rings. The molecule has 0 spiro atoms. The number of pyridine rings is 1. The van der Waals surface area contributed by atoms with E-state index in [0.717, 1.165) is 34.4 Å². The molecule has 0 unspecified atom stereocenters. The minimum absolute atomic E-state index is 0.0178. The van der Waals surface area contributed by atoms with Crippen molar-refractivity contribution in [1.82, 2.24) is 4.98 Å². The van der Waals surface area contributed by atoms with E-state index in [4.69, 9.17) is 9.72 Å². The Bertz CT molecular complexity index is 2470. The molecule has 0 fully saturated rings. The summed E-state index contributed by atoms with van der Waals surface area (Å²) in [7, 11) is 0. The summed E-state index contributed by atoms with van der Waals surface area (Å²) in [4.78, 5) is 9.65. The van der Waals surface area contributed by atoms with Gasteiger partial charge in [-0.3, -0.25) is 4.98 Å². The number of ether oxygens (including phenoxy) is 1. The van der Waals surface area contributed by atoms with Gasteiger partial charge in [-0.05, 0) is 105 Å². The van der Waals surface area contributed by atoms with Crippen molar-refractivity contribution in [3.63, 3.8) is 0 Å². The summed E-state index contributed by atoms with van der Waals surface area (Å²) in [6, 6.07) is 43.4. The molecule has 0 aliphatic carbocycles. The van der Waals surface area contributed by atoms with Gasteiger partial charge < -0.3 is 14.5 Å². The molecule has 8 aromatic rings.